The third-order valence-electron chi connectivity index (χ3n) is 5.20. The lowest BCUT2D eigenvalue weighted by Crippen LogP contribution is -2.17. The van der Waals surface area contributed by atoms with Gasteiger partial charge in [-0.25, -0.2) is 8.42 Å². The molecule has 0 fully saturated rings. The van der Waals surface area contributed by atoms with Crippen LogP contribution in [0.3, 0.4) is 0 Å². The van der Waals surface area contributed by atoms with E-state index >= 15 is 0 Å². The number of benzene rings is 2. The van der Waals surface area contributed by atoms with E-state index in [2.05, 4.69) is 34.1 Å². The van der Waals surface area contributed by atoms with E-state index in [1.165, 1.54) is 29.5 Å². The molecule has 2 aromatic carbocycles. The lowest BCUT2D eigenvalue weighted by atomic mass is 10.1. The summed E-state index contributed by atoms with van der Waals surface area (Å²) in [7, 11) is -3.90. The number of hydrogen-bond acceptors (Lipinski definition) is 8. The summed E-state index contributed by atoms with van der Waals surface area (Å²) in [6, 6.07) is 10.7. The number of fused-ring (bicyclic) bond motifs is 1. The van der Waals surface area contributed by atoms with Gasteiger partial charge in [-0.05, 0) is 43.2 Å². The molecule has 0 atom stereocenters. The lowest BCUT2D eigenvalue weighted by Gasteiger charge is -2.19. The molecule has 4 rings (SSSR count). The van der Waals surface area contributed by atoms with Crippen LogP contribution >= 0.6 is 11.3 Å². The molecule has 33 heavy (non-hydrogen) atoms. The van der Waals surface area contributed by atoms with Gasteiger partial charge < -0.3 is 9.47 Å². The summed E-state index contributed by atoms with van der Waals surface area (Å²) >= 11 is 1.35. The van der Waals surface area contributed by atoms with Crippen molar-refractivity contribution in [2.45, 2.75) is 37.5 Å². The lowest BCUT2D eigenvalue weighted by molar-refractivity contribution is 0.102. The quantitative estimate of drug-likeness (QED) is 0.486. The van der Waals surface area contributed by atoms with Gasteiger partial charge in [-0.3, -0.25) is 14.8 Å². The molecule has 0 saturated carbocycles. The molecule has 2 N–H and O–H groups in total. The molecule has 0 unspecified atom stereocenters. The maximum Gasteiger partial charge on any atom is 0.262 e. The van der Waals surface area contributed by atoms with E-state index in [4.69, 9.17) is 9.47 Å². The first-order valence-corrected chi connectivity index (χ1v) is 12.9. The fraction of sp³-hybridized carbons (Fsp3) is 0.318. The number of carbonyl (C=O) groups is 1. The van der Waals surface area contributed by atoms with Crippen LogP contribution in [0.1, 0.15) is 48.0 Å². The summed E-state index contributed by atoms with van der Waals surface area (Å²) in [6.45, 7) is 4.95. The summed E-state index contributed by atoms with van der Waals surface area (Å²) in [6.07, 6.45) is 1.90. The van der Waals surface area contributed by atoms with Gasteiger partial charge in [0.05, 0.1) is 4.90 Å². The van der Waals surface area contributed by atoms with Crippen LogP contribution in [-0.2, 0) is 10.0 Å². The Labute approximate surface area is 196 Å². The van der Waals surface area contributed by atoms with Crippen molar-refractivity contribution in [1.82, 2.24) is 10.2 Å². The Balaban J connectivity index is 1.48. The zero-order valence-electron chi connectivity index (χ0n) is 18.2. The number of carbonyl (C=O) groups excluding carboxylic acids is 1. The van der Waals surface area contributed by atoms with Crippen molar-refractivity contribution < 1.29 is 22.7 Å². The second-order valence-electron chi connectivity index (χ2n) is 7.40. The van der Waals surface area contributed by atoms with Gasteiger partial charge in [-0.2, -0.15) is 0 Å². The normalized spacial score (nSPS) is 13.1. The van der Waals surface area contributed by atoms with Crippen molar-refractivity contribution in [3.63, 3.8) is 0 Å². The minimum absolute atomic E-state index is 0.0318. The first-order valence-electron chi connectivity index (χ1n) is 10.6. The molecule has 0 bridgehead atoms. The van der Waals surface area contributed by atoms with Gasteiger partial charge in [0, 0.05) is 23.2 Å². The molecule has 174 valence electrons. The summed E-state index contributed by atoms with van der Waals surface area (Å²) < 4.78 is 39.1. The molecule has 1 aliphatic heterocycles. The maximum atomic E-state index is 12.9. The fourth-order valence-electron chi connectivity index (χ4n) is 3.39. The van der Waals surface area contributed by atoms with Gasteiger partial charge in [0.1, 0.15) is 18.2 Å². The van der Waals surface area contributed by atoms with Crippen LogP contribution in [0.4, 0.5) is 10.8 Å². The summed E-state index contributed by atoms with van der Waals surface area (Å²) in [4.78, 5) is 12.7. The molecule has 1 aliphatic rings. The number of amides is 1. The first kappa shape index (κ1) is 23.0. The van der Waals surface area contributed by atoms with Crippen LogP contribution in [0, 0.1) is 0 Å². The Morgan fingerprint density at radius 2 is 1.82 bits per heavy atom. The summed E-state index contributed by atoms with van der Waals surface area (Å²) in [5.41, 5.74) is 0.546. The third kappa shape index (κ3) is 5.25. The Hall–Kier alpha value is -3.18. The van der Waals surface area contributed by atoms with E-state index in [0.717, 1.165) is 17.8 Å². The zero-order chi connectivity index (χ0) is 23.4. The van der Waals surface area contributed by atoms with Gasteiger partial charge in [0.2, 0.25) is 5.13 Å². The molecule has 9 nitrogen and oxygen atoms in total. The number of rotatable bonds is 8. The smallest absolute Gasteiger partial charge is 0.262 e. The first-order chi connectivity index (χ1) is 15.9. The van der Waals surface area contributed by atoms with E-state index in [1.807, 2.05) is 0 Å². The molecular weight excluding hydrogens is 464 g/mol. The predicted molar refractivity (Wildman–Crippen MR) is 126 cm³/mol. The van der Waals surface area contributed by atoms with Crippen LogP contribution in [0.15, 0.2) is 47.4 Å². The molecule has 2 heterocycles. The van der Waals surface area contributed by atoms with E-state index in [0.29, 0.717) is 35.8 Å². The number of ether oxygens (including phenoxy) is 2. The van der Waals surface area contributed by atoms with E-state index in [1.54, 1.807) is 24.3 Å². The van der Waals surface area contributed by atoms with Crippen LogP contribution in [0.25, 0.3) is 0 Å². The Kier molecular flexibility index (Phi) is 6.80. The maximum absolute atomic E-state index is 12.9. The van der Waals surface area contributed by atoms with Crippen LogP contribution in [-0.4, -0.2) is 37.7 Å². The number of sulfonamides is 1. The minimum atomic E-state index is -3.90. The standard InChI is InChI=1S/C22H24N4O5S2/c1-3-14(4-2)21-24-25-22(32-21)23-20(27)15-6-5-7-16(12-15)26-33(28,29)17-8-9-18-19(13-17)31-11-10-30-18/h5-9,12-14,26H,3-4,10-11H2,1-2H3,(H,23,25,27). The molecular formula is C22H24N4O5S2. The van der Waals surface area contributed by atoms with Crippen LogP contribution < -0.4 is 19.5 Å². The highest BCUT2D eigenvalue weighted by molar-refractivity contribution is 7.92. The average Bonchev–Trinajstić information content (AvgIpc) is 3.27. The second kappa shape index (κ2) is 9.75. The average molecular weight is 489 g/mol. The van der Waals surface area contributed by atoms with Crippen molar-refractivity contribution in [2.75, 3.05) is 23.3 Å². The molecule has 11 heteroatoms. The van der Waals surface area contributed by atoms with Crippen molar-refractivity contribution in [3.05, 3.63) is 53.0 Å². The second-order valence-corrected chi connectivity index (χ2v) is 10.1. The van der Waals surface area contributed by atoms with Crippen molar-refractivity contribution in [3.8, 4) is 11.5 Å². The topological polar surface area (TPSA) is 120 Å². The molecule has 1 aromatic heterocycles. The molecule has 0 spiro atoms. The van der Waals surface area contributed by atoms with Crippen molar-refractivity contribution in [1.29, 1.82) is 0 Å². The summed E-state index contributed by atoms with van der Waals surface area (Å²) in [5.74, 6) is 0.791. The van der Waals surface area contributed by atoms with E-state index in [-0.39, 0.29) is 16.1 Å². The van der Waals surface area contributed by atoms with Crippen molar-refractivity contribution >= 4 is 38.1 Å². The Bertz CT molecular complexity index is 1260. The molecule has 0 aliphatic carbocycles. The number of nitrogens with zero attached hydrogens (tertiary/aromatic N) is 2. The molecule has 3 aromatic rings. The van der Waals surface area contributed by atoms with Gasteiger partial charge >= 0.3 is 0 Å². The fourth-order valence-corrected chi connectivity index (χ4v) is 5.46. The van der Waals surface area contributed by atoms with Gasteiger partial charge in [-0.1, -0.05) is 31.3 Å². The Morgan fingerprint density at radius 1 is 1.06 bits per heavy atom. The monoisotopic (exact) mass is 488 g/mol. The van der Waals surface area contributed by atoms with E-state index < -0.39 is 15.9 Å². The Morgan fingerprint density at radius 3 is 2.58 bits per heavy atom. The number of anilines is 2. The predicted octanol–water partition coefficient (Wildman–Crippen LogP) is 4.27. The molecule has 0 saturated heterocycles. The number of hydrogen-bond donors (Lipinski definition) is 2. The highest BCUT2D eigenvalue weighted by Crippen LogP contribution is 2.33. The summed E-state index contributed by atoms with van der Waals surface area (Å²) in [5, 5.41) is 12.3. The molecule has 1 amide bonds. The number of aromatic nitrogens is 2. The van der Waals surface area contributed by atoms with Gasteiger partial charge in [-0.15, -0.1) is 10.2 Å². The van der Waals surface area contributed by atoms with E-state index in [9.17, 15) is 13.2 Å². The highest BCUT2D eigenvalue weighted by atomic mass is 32.2. The SMILES string of the molecule is CCC(CC)c1nnc(NC(=O)c2cccc(NS(=O)(=O)c3ccc4c(c3)OCCO4)c2)s1. The van der Waals surface area contributed by atoms with Gasteiger partial charge in [0.15, 0.2) is 11.5 Å². The third-order valence-corrected chi connectivity index (χ3v) is 7.58. The molecule has 0 radical (unpaired) electrons. The van der Waals surface area contributed by atoms with Crippen LogP contribution in [0.2, 0.25) is 0 Å². The van der Waals surface area contributed by atoms with Crippen molar-refractivity contribution in [2.24, 2.45) is 0 Å². The van der Waals surface area contributed by atoms with Crippen LogP contribution in [0.5, 0.6) is 11.5 Å². The van der Waals surface area contributed by atoms with Gasteiger partial charge in [0.25, 0.3) is 15.9 Å². The largest absolute Gasteiger partial charge is 0.486 e. The zero-order valence-corrected chi connectivity index (χ0v) is 19.8. The highest BCUT2D eigenvalue weighted by Gasteiger charge is 2.20. The minimum Gasteiger partial charge on any atom is -0.486 e. The number of nitrogens with one attached hydrogen (secondary N) is 2.